The predicted molar refractivity (Wildman–Crippen MR) is 112 cm³/mol. The first-order chi connectivity index (χ1) is 14.5. The van der Waals surface area contributed by atoms with Crippen LogP contribution in [0.15, 0.2) is 48.5 Å². The first-order valence-electron chi connectivity index (χ1n) is 9.54. The average Bonchev–Trinajstić information content (AvgIpc) is 2.75. The van der Waals surface area contributed by atoms with E-state index >= 15 is 0 Å². The zero-order valence-electron chi connectivity index (χ0n) is 16.7. The van der Waals surface area contributed by atoms with Gasteiger partial charge in [-0.05, 0) is 55.5 Å². The zero-order chi connectivity index (χ0) is 21.8. The van der Waals surface area contributed by atoms with Crippen LogP contribution in [0.25, 0.3) is 0 Å². The van der Waals surface area contributed by atoms with Gasteiger partial charge in [-0.15, -0.1) is 0 Å². The molecule has 2 aromatic carbocycles. The molecule has 2 rings (SSSR count). The summed E-state index contributed by atoms with van der Waals surface area (Å²) in [7, 11) is 0. The molecular formula is C22H24ClNO6. The van der Waals surface area contributed by atoms with Crippen LogP contribution >= 0.6 is 11.6 Å². The average molecular weight is 434 g/mol. The van der Waals surface area contributed by atoms with E-state index in [2.05, 4.69) is 5.32 Å². The summed E-state index contributed by atoms with van der Waals surface area (Å²) < 4.78 is 15.7. The molecule has 1 N–H and O–H groups in total. The standard InChI is InChI=1S/C22H24ClNO6/c1-2-28-18-7-9-19(10-8-18)29-14-13-24-21(26)15-30-22(27)12-11-20(25)16-3-5-17(23)6-4-16/h3-10H,2,11-15H2,1H3,(H,24,26). The molecule has 0 saturated heterocycles. The van der Waals surface area contributed by atoms with Gasteiger partial charge >= 0.3 is 5.97 Å². The van der Waals surface area contributed by atoms with E-state index in [1.54, 1.807) is 48.5 Å². The smallest absolute Gasteiger partial charge is 0.306 e. The van der Waals surface area contributed by atoms with Gasteiger partial charge in [0.15, 0.2) is 12.4 Å². The summed E-state index contributed by atoms with van der Waals surface area (Å²) in [4.78, 5) is 35.4. The van der Waals surface area contributed by atoms with Crippen LogP contribution in [-0.4, -0.2) is 44.0 Å². The van der Waals surface area contributed by atoms with Gasteiger partial charge in [0.05, 0.1) is 19.6 Å². The van der Waals surface area contributed by atoms with E-state index in [4.69, 9.17) is 25.8 Å². The summed E-state index contributed by atoms with van der Waals surface area (Å²) in [5.74, 6) is 0.166. The van der Waals surface area contributed by atoms with E-state index in [-0.39, 0.29) is 31.8 Å². The van der Waals surface area contributed by atoms with E-state index in [1.807, 2.05) is 6.92 Å². The van der Waals surface area contributed by atoms with E-state index in [1.165, 1.54) is 0 Å². The number of Topliss-reactive ketones (excluding diaryl/α,β-unsaturated/α-hetero) is 1. The van der Waals surface area contributed by atoms with Crippen molar-refractivity contribution in [3.8, 4) is 11.5 Å². The van der Waals surface area contributed by atoms with Gasteiger partial charge in [0.1, 0.15) is 18.1 Å². The maximum atomic E-state index is 12.0. The van der Waals surface area contributed by atoms with Crippen LogP contribution in [0.3, 0.4) is 0 Å². The highest BCUT2D eigenvalue weighted by Crippen LogP contribution is 2.17. The van der Waals surface area contributed by atoms with E-state index in [0.717, 1.165) is 5.75 Å². The number of benzene rings is 2. The molecule has 0 aliphatic rings. The maximum Gasteiger partial charge on any atom is 0.306 e. The van der Waals surface area contributed by atoms with Crippen LogP contribution in [0.4, 0.5) is 0 Å². The highest BCUT2D eigenvalue weighted by Gasteiger charge is 2.12. The number of amides is 1. The normalized spacial score (nSPS) is 10.2. The van der Waals surface area contributed by atoms with Crippen LogP contribution in [-0.2, 0) is 14.3 Å². The molecule has 0 aromatic heterocycles. The fourth-order valence-electron chi connectivity index (χ4n) is 2.42. The molecule has 160 valence electrons. The number of hydrogen-bond donors (Lipinski definition) is 1. The highest BCUT2D eigenvalue weighted by molar-refractivity contribution is 6.30. The van der Waals surface area contributed by atoms with Gasteiger partial charge < -0.3 is 19.5 Å². The molecule has 0 spiro atoms. The van der Waals surface area contributed by atoms with Crippen molar-refractivity contribution in [2.45, 2.75) is 19.8 Å². The monoisotopic (exact) mass is 433 g/mol. The lowest BCUT2D eigenvalue weighted by molar-refractivity contribution is -0.148. The van der Waals surface area contributed by atoms with Crippen LogP contribution in [0.5, 0.6) is 11.5 Å². The lowest BCUT2D eigenvalue weighted by Gasteiger charge is -2.09. The second-order valence-corrected chi connectivity index (χ2v) is 6.63. The molecule has 8 heteroatoms. The van der Waals surface area contributed by atoms with Crippen molar-refractivity contribution < 1.29 is 28.6 Å². The Kier molecular flexibility index (Phi) is 9.67. The minimum Gasteiger partial charge on any atom is -0.494 e. The van der Waals surface area contributed by atoms with Crippen molar-refractivity contribution in [2.24, 2.45) is 0 Å². The number of esters is 1. The predicted octanol–water partition coefficient (Wildman–Crippen LogP) is 3.44. The molecule has 30 heavy (non-hydrogen) atoms. The molecule has 1 amide bonds. The number of rotatable bonds is 12. The molecule has 0 saturated carbocycles. The van der Waals surface area contributed by atoms with Gasteiger partial charge in [-0.2, -0.15) is 0 Å². The molecule has 0 aliphatic heterocycles. The first kappa shape index (κ1) is 23.2. The van der Waals surface area contributed by atoms with Crippen molar-refractivity contribution in [3.05, 3.63) is 59.1 Å². The van der Waals surface area contributed by atoms with Crippen molar-refractivity contribution in [3.63, 3.8) is 0 Å². The Labute approximate surface area is 180 Å². The quantitative estimate of drug-likeness (QED) is 0.313. The second kappa shape index (κ2) is 12.5. The largest absolute Gasteiger partial charge is 0.494 e. The molecular weight excluding hydrogens is 410 g/mol. The lowest BCUT2D eigenvalue weighted by atomic mass is 10.1. The molecule has 2 aromatic rings. The Balaban J connectivity index is 1.57. The number of ether oxygens (including phenoxy) is 3. The van der Waals surface area contributed by atoms with Crippen molar-refractivity contribution in [1.29, 1.82) is 0 Å². The topological polar surface area (TPSA) is 90.9 Å². The summed E-state index contributed by atoms with van der Waals surface area (Å²) in [6, 6.07) is 13.6. The number of hydrogen-bond acceptors (Lipinski definition) is 6. The number of ketones is 1. The van der Waals surface area contributed by atoms with Crippen LogP contribution in [0.2, 0.25) is 5.02 Å². The van der Waals surface area contributed by atoms with Gasteiger partial charge in [-0.3, -0.25) is 14.4 Å². The third-order valence-electron chi connectivity index (χ3n) is 3.91. The molecule has 0 bridgehead atoms. The number of carbonyl (C=O) groups excluding carboxylic acids is 3. The Hall–Kier alpha value is -3.06. The van der Waals surface area contributed by atoms with Gasteiger partial charge in [0.25, 0.3) is 5.91 Å². The zero-order valence-corrected chi connectivity index (χ0v) is 17.4. The van der Waals surface area contributed by atoms with Crippen LogP contribution < -0.4 is 14.8 Å². The summed E-state index contributed by atoms with van der Waals surface area (Å²) in [5.41, 5.74) is 0.470. The van der Waals surface area contributed by atoms with Gasteiger partial charge in [0, 0.05) is 17.0 Å². The van der Waals surface area contributed by atoms with Gasteiger partial charge in [-0.25, -0.2) is 0 Å². The van der Waals surface area contributed by atoms with E-state index in [9.17, 15) is 14.4 Å². The molecule has 0 fully saturated rings. The van der Waals surface area contributed by atoms with Gasteiger partial charge in [0.2, 0.25) is 0 Å². The molecule has 0 radical (unpaired) electrons. The van der Waals surface area contributed by atoms with Crippen molar-refractivity contribution in [2.75, 3.05) is 26.4 Å². The second-order valence-electron chi connectivity index (χ2n) is 6.19. The molecule has 0 unspecified atom stereocenters. The number of nitrogens with one attached hydrogen (secondary N) is 1. The summed E-state index contributed by atoms with van der Waals surface area (Å²) in [6.45, 7) is 2.62. The third-order valence-corrected chi connectivity index (χ3v) is 4.17. The van der Waals surface area contributed by atoms with Crippen molar-refractivity contribution in [1.82, 2.24) is 5.32 Å². The first-order valence-corrected chi connectivity index (χ1v) is 9.92. The SMILES string of the molecule is CCOc1ccc(OCCNC(=O)COC(=O)CCC(=O)c2ccc(Cl)cc2)cc1. The van der Waals surface area contributed by atoms with Gasteiger partial charge in [-0.1, -0.05) is 11.6 Å². The molecule has 0 heterocycles. The minimum atomic E-state index is -0.613. The maximum absolute atomic E-state index is 12.0. The summed E-state index contributed by atoms with van der Waals surface area (Å²) in [6.07, 6.45) is -0.104. The highest BCUT2D eigenvalue weighted by atomic mass is 35.5. The Morgan fingerprint density at radius 2 is 1.53 bits per heavy atom. The third kappa shape index (κ3) is 8.53. The molecule has 0 aliphatic carbocycles. The molecule has 7 nitrogen and oxygen atoms in total. The fourth-order valence-corrected chi connectivity index (χ4v) is 2.55. The van der Waals surface area contributed by atoms with Crippen LogP contribution in [0, 0.1) is 0 Å². The Morgan fingerprint density at radius 3 is 2.17 bits per heavy atom. The minimum absolute atomic E-state index is 0.00197. The van der Waals surface area contributed by atoms with E-state index < -0.39 is 18.5 Å². The number of halogens is 1. The Bertz CT molecular complexity index is 836. The van der Waals surface area contributed by atoms with Crippen LogP contribution in [0.1, 0.15) is 30.1 Å². The summed E-state index contributed by atoms with van der Waals surface area (Å²) >= 11 is 5.77. The molecule has 0 atom stereocenters. The fraction of sp³-hybridized carbons (Fsp3) is 0.318. The number of carbonyl (C=O) groups is 3. The summed E-state index contributed by atoms with van der Waals surface area (Å²) in [5, 5.41) is 3.12. The van der Waals surface area contributed by atoms with Crippen molar-refractivity contribution >= 4 is 29.3 Å². The Morgan fingerprint density at radius 1 is 0.900 bits per heavy atom. The van der Waals surface area contributed by atoms with E-state index in [0.29, 0.717) is 22.9 Å². The lowest BCUT2D eigenvalue weighted by Crippen LogP contribution is -2.32.